The summed E-state index contributed by atoms with van der Waals surface area (Å²) in [5.41, 5.74) is 0.750. The summed E-state index contributed by atoms with van der Waals surface area (Å²) in [6.45, 7) is 9.29. The topological polar surface area (TPSA) is 107 Å². The molecule has 0 saturated heterocycles. The third kappa shape index (κ3) is 6.98. The number of aliphatic hydroxyl groups excluding tert-OH is 3. The van der Waals surface area contributed by atoms with Crippen molar-refractivity contribution >= 4 is 5.97 Å². The van der Waals surface area contributed by atoms with Gasteiger partial charge >= 0.3 is 5.97 Å². The highest BCUT2D eigenvalue weighted by Crippen LogP contribution is 2.48. The molecule has 0 bridgehead atoms. The minimum atomic E-state index is -0.973. The van der Waals surface area contributed by atoms with Gasteiger partial charge in [-0.25, -0.2) is 0 Å². The molecule has 5 atom stereocenters. The summed E-state index contributed by atoms with van der Waals surface area (Å²) in [7, 11) is 0. The second kappa shape index (κ2) is 12.8. The van der Waals surface area contributed by atoms with E-state index in [1.54, 1.807) is 6.08 Å². The molecule has 0 saturated carbocycles. The van der Waals surface area contributed by atoms with Gasteiger partial charge in [0.1, 0.15) is 11.9 Å². The number of unbranched alkanes of at least 4 members (excludes halogenated alkanes) is 3. The van der Waals surface area contributed by atoms with Crippen LogP contribution in [0.15, 0.2) is 23.2 Å². The van der Waals surface area contributed by atoms with E-state index in [4.69, 9.17) is 9.84 Å². The predicted molar refractivity (Wildman–Crippen MR) is 130 cm³/mol. The Hall–Kier alpha value is -1.53. The zero-order valence-corrected chi connectivity index (χ0v) is 21.1. The van der Waals surface area contributed by atoms with Crippen molar-refractivity contribution < 1.29 is 30.0 Å². The monoisotopic (exact) mass is 466 g/mol. The lowest BCUT2D eigenvalue weighted by Crippen LogP contribution is -2.45. The van der Waals surface area contributed by atoms with Crippen LogP contribution in [0.5, 0.6) is 0 Å². The van der Waals surface area contributed by atoms with Crippen LogP contribution in [0.25, 0.3) is 0 Å². The molecule has 0 aromatic rings. The first kappa shape index (κ1) is 27.7. The van der Waals surface area contributed by atoms with Gasteiger partial charge in [0.2, 0.25) is 0 Å². The van der Waals surface area contributed by atoms with E-state index in [2.05, 4.69) is 20.8 Å². The Labute approximate surface area is 199 Å². The fourth-order valence-corrected chi connectivity index (χ4v) is 5.84. The van der Waals surface area contributed by atoms with Crippen LogP contribution in [0, 0.1) is 23.2 Å². The van der Waals surface area contributed by atoms with Crippen LogP contribution < -0.4 is 0 Å². The van der Waals surface area contributed by atoms with Crippen molar-refractivity contribution in [2.75, 3.05) is 6.61 Å². The lowest BCUT2D eigenvalue weighted by molar-refractivity contribution is -0.137. The zero-order valence-electron chi connectivity index (χ0n) is 21.1. The summed E-state index contributed by atoms with van der Waals surface area (Å²) in [6, 6.07) is 0. The van der Waals surface area contributed by atoms with Crippen LogP contribution in [0.2, 0.25) is 0 Å². The quantitative estimate of drug-likeness (QED) is 0.224. The molecule has 33 heavy (non-hydrogen) atoms. The number of carbonyl (C=O) groups is 1. The van der Waals surface area contributed by atoms with Gasteiger partial charge in [0.25, 0.3) is 0 Å². The van der Waals surface area contributed by atoms with Gasteiger partial charge in [-0.05, 0) is 49.5 Å². The number of rotatable bonds is 14. The van der Waals surface area contributed by atoms with Crippen molar-refractivity contribution in [1.29, 1.82) is 0 Å². The van der Waals surface area contributed by atoms with E-state index in [-0.39, 0.29) is 47.2 Å². The third-order valence-corrected chi connectivity index (χ3v) is 8.26. The zero-order chi connectivity index (χ0) is 24.6. The van der Waals surface area contributed by atoms with Gasteiger partial charge in [0.05, 0.1) is 18.5 Å². The molecule has 0 heterocycles. The van der Waals surface area contributed by atoms with Gasteiger partial charge in [0, 0.05) is 30.3 Å². The van der Waals surface area contributed by atoms with Crippen molar-refractivity contribution in [1.82, 2.24) is 0 Å². The maximum Gasteiger partial charge on any atom is 0.303 e. The van der Waals surface area contributed by atoms with Crippen LogP contribution in [0.4, 0.5) is 0 Å². The van der Waals surface area contributed by atoms with Gasteiger partial charge in [-0.2, -0.15) is 0 Å². The molecule has 0 aliphatic heterocycles. The van der Waals surface area contributed by atoms with E-state index < -0.39 is 12.1 Å². The molecule has 0 radical (unpaired) electrons. The van der Waals surface area contributed by atoms with Crippen molar-refractivity contribution in [2.24, 2.45) is 23.2 Å². The number of ether oxygens (including phenoxy) is 1. The highest BCUT2D eigenvalue weighted by molar-refractivity contribution is 5.66. The highest BCUT2D eigenvalue weighted by atomic mass is 16.5. The smallest absolute Gasteiger partial charge is 0.303 e. The van der Waals surface area contributed by atoms with Crippen LogP contribution in [-0.4, -0.2) is 45.2 Å². The van der Waals surface area contributed by atoms with Gasteiger partial charge in [-0.15, -0.1) is 0 Å². The molecule has 0 aromatic carbocycles. The molecule has 4 N–H and O–H groups in total. The van der Waals surface area contributed by atoms with Crippen LogP contribution in [0.3, 0.4) is 0 Å². The minimum Gasteiger partial charge on any atom is -0.512 e. The normalized spacial score (nSPS) is 27.9. The molecular formula is C27H46O6. The molecule has 0 fully saturated rings. The Bertz CT molecular complexity index is 693. The Kier molecular flexibility index (Phi) is 10.7. The summed E-state index contributed by atoms with van der Waals surface area (Å²) >= 11 is 0. The standard InChI is InChI=1S/C27H46O6/c1-5-14-27(6-2,7-3)17-33-23-16-22(29)26(32)20-15-21(28)18(4)19(25(20)23)12-10-8-9-11-13-24(30)31/h15,18-19,22-23,25,28-29,32H,5-14,16-17H2,1-4H3,(H,30,31)/t18-,19+,22-,23-,25+/m0/s1. The number of fused-ring (bicyclic) bond motifs is 1. The van der Waals surface area contributed by atoms with E-state index in [0.29, 0.717) is 25.0 Å². The van der Waals surface area contributed by atoms with E-state index in [1.807, 2.05) is 6.92 Å². The number of aliphatic hydroxyl groups is 3. The van der Waals surface area contributed by atoms with Gasteiger partial charge in [-0.3, -0.25) is 4.79 Å². The van der Waals surface area contributed by atoms with Gasteiger partial charge in [0.15, 0.2) is 0 Å². The fourth-order valence-electron chi connectivity index (χ4n) is 5.84. The van der Waals surface area contributed by atoms with Crippen LogP contribution >= 0.6 is 0 Å². The second-order valence-corrected chi connectivity index (χ2v) is 10.3. The number of hydrogen-bond acceptors (Lipinski definition) is 5. The van der Waals surface area contributed by atoms with Gasteiger partial charge in [-0.1, -0.05) is 53.4 Å². The number of hydrogen-bond donors (Lipinski definition) is 4. The Morgan fingerprint density at radius 2 is 1.79 bits per heavy atom. The highest BCUT2D eigenvalue weighted by Gasteiger charge is 2.46. The van der Waals surface area contributed by atoms with Gasteiger partial charge < -0.3 is 25.2 Å². The molecule has 0 amide bonds. The largest absolute Gasteiger partial charge is 0.512 e. The summed E-state index contributed by atoms with van der Waals surface area (Å²) in [5.74, 6) is -0.547. The molecule has 2 aliphatic carbocycles. The average molecular weight is 467 g/mol. The van der Waals surface area contributed by atoms with Crippen molar-refractivity contribution in [3.8, 4) is 0 Å². The summed E-state index contributed by atoms with van der Waals surface area (Å²) in [4.78, 5) is 10.7. The van der Waals surface area contributed by atoms with Crippen molar-refractivity contribution in [2.45, 2.75) is 111 Å². The Morgan fingerprint density at radius 3 is 2.39 bits per heavy atom. The molecule has 6 heteroatoms. The van der Waals surface area contributed by atoms with Crippen molar-refractivity contribution in [3.05, 3.63) is 23.2 Å². The maximum atomic E-state index is 10.7. The first-order chi connectivity index (χ1) is 15.7. The Morgan fingerprint density at radius 1 is 1.12 bits per heavy atom. The second-order valence-electron chi connectivity index (χ2n) is 10.3. The molecule has 0 aromatic heterocycles. The Balaban J connectivity index is 2.18. The number of carboxylic acid groups (broad SMARTS) is 1. The molecule has 6 nitrogen and oxygen atoms in total. The van der Waals surface area contributed by atoms with E-state index in [0.717, 1.165) is 51.4 Å². The molecule has 2 aliphatic rings. The predicted octanol–water partition coefficient (Wildman–Crippen LogP) is 6.30. The summed E-state index contributed by atoms with van der Waals surface area (Å²) in [6.07, 6.45) is 9.63. The van der Waals surface area contributed by atoms with E-state index >= 15 is 0 Å². The van der Waals surface area contributed by atoms with Crippen molar-refractivity contribution in [3.63, 3.8) is 0 Å². The first-order valence-electron chi connectivity index (χ1n) is 13.0. The third-order valence-electron chi connectivity index (χ3n) is 8.26. The fraction of sp³-hybridized carbons (Fsp3) is 0.815. The lowest BCUT2D eigenvalue weighted by atomic mass is 9.65. The number of allylic oxidation sites excluding steroid dienone is 2. The molecule has 190 valence electrons. The molecule has 0 spiro atoms. The number of carboxylic acids is 1. The average Bonchev–Trinajstić information content (AvgIpc) is 2.79. The molecule has 2 rings (SSSR count). The van der Waals surface area contributed by atoms with Crippen LogP contribution in [0.1, 0.15) is 98.3 Å². The van der Waals surface area contributed by atoms with E-state index in [9.17, 15) is 20.1 Å². The summed E-state index contributed by atoms with van der Waals surface area (Å²) < 4.78 is 6.57. The number of aliphatic carboxylic acids is 1. The SMILES string of the molecule is CCCC(CC)(CC)CO[C@H]1C[C@H](O)C(O)=C2C=C(O)[C@@H](C)[C@@H](CCCCCCC(=O)O)[C@H]21. The summed E-state index contributed by atoms with van der Waals surface area (Å²) in [5, 5.41) is 40.7. The minimum absolute atomic E-state index is 0.0319. The molecular weight excluding hydrogens is 420 g/mol. The maximum absolute atomic E-state index is 10.7. The van der Waals surface area contributed by atoms with Crippen LogP contribution in [-0.2, 0) is 9.53 Å². The lowest BCUT2D eigenvalue weighted by Gasteiger charge is -2.45. The molecule has 0 unspecified atom stereocenters. The van der Waals surface area contributed by atoms with E-state index in [1.165, 1.54) is 0 Å². The first-order valence-corrected chi connectivity index (χ1v) is 13.0.